The molecule has 0 aliphatic heterocycles. The molecule has 0 atom stereocenters. The number of carbonyl (C=O) groups excluding carboxylic acids is 1. The van der Waals surface area contributed by atoms with E-state index in [1.807, 2.05) is 0 Å². The Morgan fingerprint density at radius 1 is 1.33 bits per heavy atom. The molecular formula is C16H18N4O4. The van der Waals surface area contributed by atoms with E-state index in [4.69, 9.17) is 4.74 Å². The van der Waals surface area contributed by atoms with Gasteiger partial charge in [0.1, 0.15) is 0 Å². The van der Waals surface area contributed by atoms with E-state index in [0.29, 0.717) is 11.6 Å². The lowest BCUT2D eigenvalue weighted by Gasteiger charge is -2.17. The van der Waals surface area contributed by atoms with Gasteiger partial charge in [-0.1, -0.05) is 6.07 Å². The third-order valence-electron chi connectivity index (χ3n) is 3.38. The number of ether oxygens (including phenoxy) is 1. The van der Waals surface area contributed by atoms with Gasteiger partial charge >= 0.3 is 0 Å². The van der Waals surface area contributed by atoms with Gasteiger partial charge < -0.3 is 15.0 Å². The molecule has 1 heterocycles. The molecule has 8 heteroatoms. The van der Waals surface area contributed by atoms with Crippen molar-refractivity contribution in [3.63, 3.8) is 0 Å². The Labute approximate surface area is 139 Å². The summed E-state index contributed by atoms with van der Waals surface area (Å²) in [5.41, 5.74) is 1.51. The number of nitro benzene ring substituents is 1. The fourth-order valence-electron chi connectivity index (χ4n) is 2.12. The number of pyridine rings is 1. The quantitative estimate of drug-likeness (QED) is 0.642. The summed E-state index contributed by atoms with van der Waals surface area (Å²) in [5.74, 6) is 0.0943. The first-order valence-corrected chi connectivity index (χ1v) is 7.15. The molecule has 0 spiro atoms. The zero-order valence-corrected chi connectivity index (χ0v) is 13.6. The van der Waals surface area contributed by atoms with Crippen LogP contribution < -0.4 is 15.0 Å². The Hall–Kier alpha value is -3.16. The van der Waals surface area contributed by atoms with Crippen LogP contribution in [-0.4, -0.2) is 37.0 Å². The monoisotopic (exact) mass is 330 g/mol. The van der Waals surface area contributed by atoms with E-state index in [0.717, 1.165) is 5.56 Å². The van der Waals surface area contributed by atoms with Crippen LogP contribution in [0.1, 0.15) is 15.9 Å². The summed E-state index contributed by atoms with van der Waals surface area (Å²) in [6.07, 6.45) is 1.60. The van der Waals surface area contributed by atoms with E-state index >= 15 is 0 Å². The van der Waals surface area contributed by atoms with Crippen molar-refractivity contribution in [2.24, 2.45) is 0 Å². The van der Waals surface area contributed by atoms with Crippen LogP contribution in [0.3, 0.4) is 0 Å². The van der Waals surface area contributed by atoms with Gasteiger partial charge in [0.05, 0.1) is 17.6 Å². The molecule has 0 saturated carbocycles. The third kappa shape index (κ3) is 3.97. The lowest BCUT2D eigenvalue weighted by atomic mass is 10.1. The molecule has 0 unspecified atom stereocenters. The number of methoxy groups -OCH3 is 1. The van der Waals surface area contributed by atoms with Gasteiger partial charge in [-0.2, -0.15) is 0 Å². The number of rotatable bonds is 6. The van der Waals surface area contributed by atoms with Gasteiger partial charge in [0.15, 0.2) is 0 Å². The predicted octanol–water partition coefficient (Wildman–Crippen LogP) is 1.99. The molecule has 0 aliphatic carbocycles. The van der Waals surface area contributed by atoms with Crippen LogP contribution in [0.15, 0.2) is 36.5 Å². The standard InChI is InChI=1S/C16H18N4O4/c1-19(2)14-6-5-12(20(22)23)8-13(14)16(21)18-10-11-4-7-15(24-3)17-9-11/h4-9H,10H2,1-3H3,(H,18,21). The van der Waals surface area contributed by atoms with Crippen molar-refractivity contribution in [1.82, 2.24) is 10.3 Å². The first kappa shape index (κ1) is 17.2. The molecule has 24 heavy (non-hydrogen) atoms. The van der Waals surface area contributed by atoms with Crippen LogP contribution in [0.2, 0.25) is 0 Å². The molecule has 1 aromatic heterocycles. The van der Waals surface area contributed by atoms with E-state index < -0.39 is 10.8 Å². The molecule has 0 fully saturated rings. The van der Waals surface area contributed by atoms with E-state index in [-0.39, 0.29) is 17.8 Å². The van der Waals surface area contributed by atoms with Crippen molar-refractivity contribution in [2.45, 2.75) is 6.54 Å². The largest absolute Gasteiger partial charge is 0.481 e. The lowest BCUT2D eigenvalue weighted by molar-refractivity contribution is -0.384. The number of hydrogen-bond donors (Lipinski definition) is 1. The summed E-state index contributed by atoms with van der Waals surface area (Å²) >= 11 is 0. The van der Waals surface area contributed by atoms with Gasteiger partial charge in [0, 0.05) is 50.7 Å². The summed E-state index contributed by atoms with van der Waals surface area (Å²) in [6.45, 7) is 0.255. The molecule has 1 aromatic carbocycles. The Morgan fingerprint density at radius 3 is 2.62 bits per heavy atom. The number of nitro groups is 1. The zero-order valence-electron chi connectivity index (χ0n) is 13.6. The second kappa shape index (κ2) is 7.40. The Morgan fingerprint density at radius 2 is 2.08 bits per heavy atom. The topological polar surface area (TPSA) is 97.6 Å². The molecule has 8 nitrogen and oxygen atoms in total. The van der Waals surface area contributed by atoms with E-state index in [1.165, 1.54) is 19.2 Å². The Balaban J connectivity index is 2.18. The molecular weight excluding hydrogens is 312 g/mol. The smallest absolute Gasteiger partial charge is 0.270 e. The van der Waals surface area contributed by atoms with Gasteiger partial charge in [0.25, 0.3) is 11.6 Å². The Bertz CT molecular complexity index is 744. The second-order valence-corrected chi connectivity index (χ2v) is 5.24. The highest BCUT2D eigenvalue weighted by atomic mass is 16.6. The zero-order chi connectivity index (χ0) is 17.7. The van der Waals surface area contributed by atoms with Crippen LogP contribution >= 0.6 is 0 Å². The predicted molar refractivity (Wildman–Crippen MR) is 89.4 cm³/mol. The highest BCUT2D eigenvalue weighted by molar-refractivity contribution is 6.00. The maximum absolute atomic E-state index is 12.4. The summed E-state index contributed by atoms with van der Waals surface area (Å²) in [6, 6.07) is 7.69. The molecule has 126 valence electrons. The van der Waals surface area contributed by atoms with Crippen molar-refractivity contribution < 1.29 is 14.5 Å². The second-order valence-electron chi connectivity index (χ2n) is 5.24. The van der Waals surface area contributed by atoms with E-state index in [1.54, 1.807) is 43.4 Å². The van der Waals surface area contributed by atoms with Gasteiger partial charge in [-0.3, -0.25) is 14.9 Å². The fraction of sp³-hybridized carbons (Fsp3) is 0.250. The number of benzene rings is 1. The molecule has 1 amide bonds. The summed E-state index contributed by atoms with van der Waals surface area (Å²) in [7, 11) is 5.06. The van der Waals surface area contributed by atoms with Crippen molar-refractivity contribution in [2.75, 3.05) is 26.1 Å². The third-order valence-corrected chi connectivity index (χ3v) is 3.38. The van der Waals surface area contributed by atoms with Crippen LogP contribution in [0.5, 0.6) is 5.88 Å². The maximum Gasteiger partial charge on any atom is 0.270 e. The number of nitrogens with zero attached hydrogens (tertiary/aromatic N) is 3. The molecule has 0 radical (unpaired) electrons. The molecule has 1 N–H and O–H groups in total. The number of hydrogen-bond acceptors (Lipinski definition) is 6. The molecule has 0 saturated heterocycles. The van der Waals surface area contributed by atoms with Crippen molar-refractivity contribution in [3.05, 3.63) is 57.8 Å². The van der Waals surface area contributed by atoms with E-state index in [2.05, 4.69) is 10.3 Å². The van der Waals surface area contributed by atoms with Crippen molar-refractivity contribution in [3.8, 4) is 5.88 Å². The summed E-state index contributed by atoms with van der Waals surface area (Å²) < 4.78 is 4.97. The van der Waals surface area contributed by atoms with Gasteiger partial charge in [0.2, 0.25) is 5.88 Å². The van der Waals surface area contributed by atoms with Crippen LogP contribution in [0.4, 0.5) is 11.4 Å². The highest BCUT2D eigenvalue weighted by Crippen LogP contribution is 2.24. The minimum atomic E-state index is -0.524. The number of nitrogens with one attached hydrogen (secondary N) is 1. The van der Waals surface area contributed by atoms with Crippen molar-refractivity contribution in [1.29, 1.82) is 0 Å². The first-order valence-electron chi connectivity index (χ1n) is 7.15. The van der Waals surface area contributed by atoms with Gasteiger partial charge in [-0.05, 0) is 11.6 Å². The van der Waals surface area contributed by atoms with Gasteiger partial charge in [-0.25, -0.2) is 4.98 Å². The van der Waals surface area contributed by atoms with Crippen LogP contribution in [0.25, 0.3) is 0 Å². The first-order chi connectivity index (χ1) is 11.4. The summed E-state index contributed by atoms with van der Waals surface area (Å²) in [5, 5.41) is 13.7. The van der Waals surface area contributed by atoms with Crippen LogP contribution in [-0.2, 0) is 6.54 Å². The number of carbonyl (C=O) groups is 1. The molecule has 0 bridgehead atoms. The lowest BCUT2D eigenvalue weighted by Crippen LogP contribution is -2.25. The molecule has 0 aliphatic rings. The average Bonchev–Trinajstić information content (AvgIpc) is 2.59. The summed E-state index contributed by atoms with van der Waals surface area (Å²) in [4.78, 5) is 28.6. The number of anilines is 1. The Kier molecular flexibility index (Phi) is 5.31. The molecule has 2 rings (SSSR count). The molecule has 2 aromatic rings. The SMILES string of the molecule is COc1ccc(CNC(=O)c2cc([N+](=O)[O-])ccc2N(C)C)cn1. The minimum Gasteiger partial charge on any atom is -0.481 e. The van der Waals surface area contributed by atoms with E-state index in [9.17, 15) is 14.9 Å². The number of non-ortho nitro benzene ring substituents is 1. The fourth-order valence-corrected chi connectivity index (χ4v) is 2.12. The number of amides is 1. The highest BCUT2D eigenvalue weighted by Gasteiger charge is 2.17. The van der Waals surface area contributed by atoms with Crippen molar-refractivity contribution >= 4 is 17.3 Å². The van der Waals surface area contributed by atoms with Crippen LogP contribution in [0, 0.1) is 10.1 Å². The van der Waals surface area contributed by atoms with Gasteiger partial charge in [-0.15, -0.1) is 0 Å². The normalized spacial score (nSPS) is 10.1. The minimum absolute atomic E-state index is 0.128. The number of aromatic nitrogens is 1. The maximum atomic E-state index is 12.4. The average molecular weight is 330 g/mol.